The van der Waals surface area contributed by atoms with Crippen molar-refractivity contribution in [1.29, 1.82) is 5.26 Å². The Kier molecular flexibility index (Phi) is 6.76. The molecular formula is C24H27F2N3O4S. The fourth-order valence-electron chi connectivity index (χ4n) is 4.85. The van der Waals surface area contributed by atoms with E-state index in [9.17, 15) is 22.0 Å². The number of hydrogen-bond acceptors (Lipinski definition) is 7. The lowest BCUT2D eigenvalue weighted by molar-refractivity contribution is -0.131. The molecule has 1 aliphatic heterocycles. The summed E-state index contributed by atoms with van der Waals surface area (Å²) in [6.07, 6.45) is -0.864. The number of hydrogen-bond donors (Lipinski definition) is 0. The molecule has 4 rings (SSSR count). The summed E-state index contributed by atoms with van der Waals surface area (Å²) in [5.41, 5.74) is 2.15. The third-order valence-corrected chi connectivity index (χ3v) is 8.28. The van der Waals surface area contributed by atoms with Gasteiger partial charge in [0, 0.05) is 68.8 Å². The number of aryl methyl sites for hydroxylation is 1. The van der Waals surface area contributed by atoms with Crippen LogP contribution < -0.4 is 4.90 Å². The van der Waals surface area contributed by atoms with Gasteiger partial charge in [-0.15, -0.1) is 0 Å². The van der Waals surface area contributed by atoms with E-state index in [1.807, 2.05) is 35.2 Å². The van der Waals surface area contributed by atoms with E-state index in [0.717, 1.165) is 11.3 Å². The van der Waals surface area contributed by atoms with Crippen LogP contribution in [0, 0.1) is 24.2 Å². The Labute approximate surface area is 197 Å². The van der Waals surface area contributed by atoms with Crippen molar-refractivity contribution in [3.8, 4) is 17.3 Å². The summed E-state index contributed by atoms with van der Waals surface area (Å²) in [6.45, 7) is 2.54. The number of nitrogens with zero attached hydrogens (tertiary/aromatic N) is 3. The molecule has 0 amide bonds. The van der Waals surface area contributed by atoms with Gasteiger partial charge in [-0.1, -0.05) is 12.1 Å². The molecular weight excluding hydrogens is 464 g/mol. The van der Waals surface area contributed by atoms with Crippen molar-refractivity contribution in [1.82, 2.24) is 4.98 Å². The number of carbonyl (C=O) groups excluding carboxylic acids is 1. The highest BCUT2D eigenvalue weighted by Crippen LogP contribution is 2.48. The SMILES string of the molecule is Cc1nc(-c2ccc(N3CCS(=O)(=O)CC3)cc2)c([C@@H]2CCC(F)(F)C[C@H]2C(=O)CCC#N)o1. The van der Waals surface area contributed by atoms with Crippen molar-refractivity contribution < 1.29 is 26.4 Å². The Morgan fingerprint density at radius 3 is 2.59 bits per heavy atom. The summed E-state index contributed by atoms with van der Waals surface area (Å²) in [6, 6.07) is 9.37. The minimum Gasteiger partial charge on any atom is -0.445 e. The first-order chi connectivity index (χ1) is 16.1. The zero-order valence-electron chi connectivity index (χ0n) is 19.0. The number of ketones is 1. The van der Waals surface area contributed by atoms with E-state index in [4.69, 9.17) is 9.68 Å². The molecule has 2 heterocycles. The highest BCUT2D eigenvalue weighted by Gasteiger charge is 2.46. The number of halogens is 2. The van der Waals surface area contributed by atoms with Gasteiger partial charge in [0.1, 0.15) is 17.2 Å². The summed E-state index contributed by atoms with van der Waals surface area (Å²) in [5.74, 6) is -3.68. The van der Waals surface area contributed by atoms with Crippen LogP contribution in [-0.4, -0.2) is 49.7 Å². The van der Waals surface area contributed by atoms with Gasteiger partial charge in [0.15, 0.2) is 15.7 Å². The number of alkyl halides is 2. The molecule has 2 aromatic rings. The van der Waals surface area contributed by atoms with Gasteiger partial charge in [0.05, 0.1) is 17.6 Å². The van der Waals surface area contributed by atoms with Crippen molar-refractivity contribution >= 4 is 21.3 Å². The molecule has 10 heteroatoms. The van der Waals surface area contributed by atoms with Crippen LogP contribution >= 0.6 is 0 Å². The third kappa shape index (κ3) is 5.30. The summed E-state index contributed by atoms with van der Waals surface area (Å²) >= 11 is 0. The number of sulfone groups is 1. The molecule has 0 N–H and O–H groups in total. The van der Waals surface area contributed by atoms with Crippen molar-refractivity contribution in [2.45, 2.75) is 50.9 Å². The van der Waals surface area contributed by atoms with E-state index in [1.54, 1.807) is 6.92 Å². The lowest BCUT2D eigenvalue weighted by Gasteiger charge is -2.34. The topological polar surface area (TPSA) is 104 Å². The van der Waals surface area contributed by atoms with Crippen LogP contribution in [0.4, 0.5) is 14.5 Å². The predicted octanol–water partition coefficient (Wildman–Crippen LogP) is 4.28. The normalized spacial score (nSPS) is 23.9. The Morgan fingerprint density at radius 1 is 1.26 bits per heavy atom. The van der Waals surface area contributed by atoms with E-state index in [2.05, 4.69) is 4.98 Å². The molecule has 2 aliphatic rings. The molecule has 1 saturated carbocycles. The van der Waals surface area contributed by atoms with E-state index in [-0.39, 0.29) is 43.0 Å². The average molecular weight is 492 g/mol. The number of nitriles is 1. The molecule has 0 unspecified atom stereocenters. The lowest BCUT2D eigenvalue weighted by atomic mass is 9.72. The minimum absolute atomic E-state index is 0.00478. The minimum atomic E-state index is -2.98. The molecule has 1 aliphatic carbocycles. The van der Waals surface area contributed by atoms with Gasteiger partial charge < -0.3 is 9.32 Å². The number of aromatic nitrogens is 1. The zero-order valence-corrected chi connectivity index (χ0v) is 19.8. The highest BCUT2D eigenvalue weighted by atomic mass is 32.2. The van der Waals surface area contributed by atoms with Crippen molar-refractivity contribution in [3.05, 3.63) is 35.9 Å². The van der Waals surface area contributed by atoms with Crippen LogP contribution in [0.5, 0.6) is 0 Å². The van der Waals surface area contributed by atoms with Crippen molar-refractivity contribution in [3.63, 3.8) is 0 Å². The Balaban J connectivity index is 1.61. The second kappa shape index (κ2) is 9.45. The molecule has 1 aromatic heterocycles. The van der Waals surface area contributed by atoms with Crippen LogP contribution in [0.3, 0.4) is 0 Å². The summed E-state index contributed by atoms with van der Waals surface area (Å²) in [4.78, 5) is 19.3. The van der Waals surface area contributed by atoms with Crippen LogP contribution in [0.2, 0.25) is 0 Å². The van der Waals surface area contributed by atoms with Crippen LogP contribution in [-0.2, 0) is 14.6 Å². The Bertz CT molecular complexity index is 1190. The summed E-state index contributed by atoms with van der Waals surface area (Å²) < 4.78 is 57.7. The van der Waals surface area contributed by atoms with Crippen LogP contribution in [0.15, 0.2) is 28.7 Å². The molecule has 182 valence electrons. The second-order valence-corrected chi connectivity index (χ2v) is 11.4. The molecule has 2 atom stereocenters. The number of oxazole rings is 1. The van der Waals surface area contributed by atoms with Crippen LogP contribution in [0.1, 0.15) is 49.7 Å². The predicted molar refractivity (Wildman–Crippen MR) is 122 cm³/mol. The Hall–Kier alpha value is -2.80. The smallest absolute Gasteiger partial charge is 0.248 e. The first-order valence-corrected chi connectivity index (χ1v) is 13.2. The molecule has 7 nitrogen and oxygen atoms in total. The van der Waals surface area contributed by atoms with Crippen molar-refractivity contribution in [2.24, 2.45) is 5.92 Å². The fourth-order valence-corrected chi connectivity index (χ4v) is 6.05. The maximum absolute atomic E-state index is 14.2. The molecule has 0 radical (unpaired) electrons. The van der Waals surface area contributed by atoms with Gasteiger partial charge >= 0.3 is 0 Å². The number of benzene rings is 1. The number of rotatable bonds is 6. The van der Waals surface area contributed by atoms with E-state index in [1.165, 1.54) is 0 Å². The van der Waals surface area contributed by atoms with Gasteiger partial charge in [0.2, 0.25) is 5.92 Å². The van der Waals surface area contributed by atoms with E-state index >= 15 is 0 Å². The van der Waals surface area contributed by atoms with Gasteiger partial charge in [-0.2, -0.15) is 5.26 Å². The first-order valence-electron chi connectivity index (χ1n) is 11.4. The first kappa shape index (κ1) is 24.3. The van der Waals surface area contributed by atoms with Gasteiger partial charge in [-0.3, -0.25) is 4.79 Å². The molecule has 2 fully saturated rings. The zero-order chi connectivity index (χ0) is 24.5. The third-order valence-electron chi connectivity index (χ3n) is 6.67. The highest BCUT2D eigenvalue weighted by molar-refractivity contribution is 7.91. The maximum Gasteiger partial charge on any atom is 0.248 e. The largest absolute Gasteiger partial charge is 0.445 e. The van der Waals surface area contributed by atoms with E-state index < -0.39 is 34.0 Å². The maximum atomic E-state index is 14.2. The lowest BCUT2D eigenvalue weighted by Crippen LogP contribution is -2.40. The van der Waals surface area contributed by atoms with Gasteiger partial charge in [-0.05, 0) is 18.6 Å². The monoisotopic (exact) mass is 491 g/mol. The van der Waals surface area contributed by atoms with Crippen molar-refractivity contribution in [2.75, 3.05) is 29.5 Å². The number of anilines is 1. The molecule has 1 aromatic carbocycles. The number of carbonyl (C=O) groups is 1. The molecule has 0 bridgehead atoms. The quantitative estimate of drug-likeness (QED) is 0.594. The Morgan fingerprint density at radius 2 is 1.94 bits per heavy atom. The second-order valence-electron chi connectivity index (χ2n) is 9.07. The average Bonchev–Trinajstić information content (AvgIpc) is 3.18. The van der Waals surface area contributed by atoms with Crippen LogP contribution in [0.25, 0.3) is 11.3 Å². The van der Waals surface area contributed by atoms with E-state index in [0.29, 0.717) is 30.4 Å². The number of Topliss-reactive ketones (excluding diaryl/α,β-unsaturated/α-hetero) is 1. The molecule has 1 saturated heterocycles. The molecule has 34 heavy (non-hydrogen) atoms. The standard InChI is InChI=1S/C24H27F2N3O4S/c1-16-28-22(17-4-6-18(7-5-17)29-11-13-34(31,32)14-12-29)23(33-16)19-8-9-24(25,26)15-20(19)21(30)3-2-10-27/h4-7,19-20H,2-3,8-9,11-15H2,1H3/t19-,20-/m1/s1. The summed E-state index contributed by atoms with van der Waals surface area (Å²) in [7, 11) is -2.98. The fraction of sp³-hybridized carbons (Fsp3) is 0.542. The summed E-state index contributed by atoms with van der Waals surface area (Å²) in [5, 5.41) is 8.83. The molecule has 0 spiro atoms. The van der Waals surface area contributed by atoms with Gasteiger partial charge in [0.25, 0.3) is 0 Å². The van der Waals surface area contributed by atoms with Gasteiger partial charge in [-0.25, -0.2) is 22.2 Å².